The van der Waals surface area contributed by atoms with E-state index in [1.165, 1.54) is 0 Å². The summed E-state index contributed by atoms with van der Waals surface area (Å²) < 4.78 is 5.35. The predicted molar refractivity (Wildman–Crippen MR) is 91.4 cm³/mol. The SMILES string of the molecule is O=C(NCc1ccnc(-c2ccco2)c1)c1ccc2[nH]ccc2c1. The van der Waals surface area contributed by atoms with Crippen LogP contribution in [0.15, 0.2) is 71.6 Å². The molecule has 5 heteroatoms. The molecule has 0 saturated carbocycles. The van der Waals surface area contributed by atoms with Gasteiger partial charge in [-0.2, -0.15) is 0 Å². The number of amides is 1. The molecule has 0 aliphatic carbocycles. The van der Waals surface area contributed by atoms with Gasteiger partial charge in [-0.1, -0.05) is 0 Å². The van der Waals surface area contributed by atoms with Crippen molar-refractivity contribution in [1.82, 2.24) is 15.3 Å². The standard InChI is InChI=1S/C19H15N3O2/c23-19(15-3-4-16-14(11-15)6-8-20-16)22-12-13-5-7-21-17(10-13)18-2-1-9-24-18/h1-11,20H,12H2,(H,22,23). The van der Waals surface area contributed by atoms with Crippen LogP contribution in [-0.2, 0) is 6.54 Å². The molecular weight excluding hydrogens is 302 g/mol. The monoisotopic (exact) mass is 317 g/mol. The summed E-state index contributed by atoms with van der Waals surface area (Å²) in [4.78, 5) is 19.7. The maximum atomic E-state index is 12.3. The average molecular weight is 317 g/mol. The fourth-order valence-electron chi connectivity index (χ4n) is 2.62. The molecule has 5 nitrogen and oxygen atoms in total. The topological polar surface area (TPSA) is 70.9 Å². The number of fused-ring (bicyclic) bond motifs is 1. The summed E-state index contributed by atoms with van der Waals surface area (Å²) in [6, 6.07) is 15.0. The third kappa shape index (κ3) is 2.79. The minimum absolute atomic E-state index is 0.102. The molecule has 0 aliphatic heterocycles. The zero-order valence-electron chi connectivity index (χ0n) is 12.8. The highest BCUT2D eigenvalue weighted by atomic mass is 16.3. The number of carbonyl (C=O) groups is 1. The Bertz CT molecular complexity index is 987. The van der Waals surface area contributed by atoms with Gasteiger partial charge < -0.3 is 14.7 Å². The molecule has 0 saturated heterocycles. The second kappa shape index (κ2) is 6.04. The quantitative estimate of drug-likeness (QED) is 0.602. The van der Waals surface area contributed by atoms with E-state index in [2.05, 4.69) is 15.3 Å². The molecular formula is C19H15N3O2. The molecule has 118 valence electrons. The van der Waals surface area contributed by atoms with E-state index in [1.807, 2.05) is 54.7 Å². The van der Waals surface area contributed by atoms with Crippen molar-refractivity contribution >= 4 is 16.8 Å². The molecule has 0 radical (unpaired) electrons. The Balaban J connectivity index is 1.48. The Kier molecular flexibility index (Phi) is 3.59. The summed E-state index contributed by atoms with van der Waals surface area (Å²) in [7, 11) is 0. The Hall–Kier alpha value is -3.34. The summed E-state index contributed by atoms with van der Waals surface area (Å²) in [5.74, 6) is 0.607. The minimum atomic E-state index is -0.102. The number of aromatic amines is 1. The number of hydrogen-bond donors (Lipinski definition) is 2. The van der Waals surface area contributed by atoms with Crippen molar-refractivity contribution in [3.05, 3.63) is 78.3 Å². The molecule has 24 heavy (non-hydrogen) atoms. The molecule has 0 atom stereocenters. The highest BCUT2D eigenvalue weighted by molar-refractivity contribution is 5.98. The first-order valence-electron chi connectivity index (χ1n) is 7.64. The minimum Gasteiger partial charge on any atom is -0.463 e. The Morgan fingerprint density at radius 2 is 2.12 bits per heavy atom. The second-order valence-electron chi connectivity index (χ2n) is 5.49. The van der Waals surface area contributed by atoms with Crippen LogP contribution >= 0.6 is 0 Å². The summed E-state index contributed by atoms with van der Waals surface area (Å²) in [5.41, 5.74) is 3.37. The van der Waals surface area contributed by atoms with E-state index in [4.69, 9.17) is 4.42 Å². The largest absolute Gasteiger partial charge is 0.463 e. The van der Waals surface area contributed by atoms with Gasteiger partial charge in [0.05, 0.1) is 6.26 Å². The molecule has 4 rings (SSSR count). The number of benzene rings is 1. The van der Waals surface area contributed by atoms with Crippen molar-refractivity contribution < 1.29 is 9.21 Å². The molecule has 0 unspecified atom stereocenters. The van der Waals surface area contributed by atoms with Crippen molar-refractivity contribution in [3.8, 4) is 11.5 Å². The number of nitrogens with zero attached hydrogens (tertiary/aromatic N) is 1. The van der Waals surface area contributed by atoms with E-state index < -0.39 is 0 Å². The number of pyridine rings is 1. The molecule has 0 fully saturated rings. The number of H-pyrrole nitrogens is 1. The van der Waals surface area contributed by atoms with Gasteiger partial charge in [0.15, 0.2) is 5.76 Å². The van der Waals surface area contributed by atoms with Crippen LogP contribution in [0.2, 0.25) is 0 Å². The molecule has 0 bridgehead atoms. The van der Waals surface area contributed by atoms with E-state index in [0.717, 1.165) is 22.2 Å². The lowest BCUT2D eigenvalue weighted by Crippen LogP contribution is -2.22. The average Bonchev–Trinajstić information content (AvgIpc) is 3.30. The second-order valence-corrected chi connectivity index (χ2v) is 5.49. The van der Waals surface area contributed by atoms with Gasteiger partial charge in [0.25, 0.3) is 5.91 Å². The van der Waals surface area contributed by atoms with E-state index in [-0.39, 0.29) is 5.91 Å². The van der Waals surface area contributed by atoms with Crippen molar-refractivity contribution in [2.45, 2.75) is 6.54 Å². The Morgan fingerprint density at radius 3 is 3.00 bits per heavy atom. The smallest absolute Gasteiger partial charge is 0.251 e. The third-order valence-electron chi connectivity index (χ3n) is 3.87. The molecule has 1 aromatic carbocycles. The summed E-state index contributed by atoms with van der Waals surface area (Å²) in [6.07, 6.45) is 5.19. The van der Waals surface area contributed by atoms with Gasteiger partial charge in [-0.05, 0) is 54.1 Å². The van der Waals surface area contributed by atoms with Crippen LogP contribution in [0.3, 0.4) is 0 Å². The first kappa shape index (κ1) is 14.3. The predicted octanol–water partition coefficient (Wildman–Crippen LogP) is 3.75. The van der Waals surface area contributed by atoms with Gasteiger partial charge in [0.1, 0.15) is 5.69 Å². The van der Waals surface area contributed by atoms with Crippen LogP contribution in [0.25, 0.3) is 22.4 Å². The highest BCUT2D eigenvalue weighted by Gasteiger charge is 2.08. The van der Waals surface area contributed by atoms with E-state index in [0.29, 0.717) is 17.9 Å². The van der Waals surface area contributed by atoms with Gasteiger partial charge in [-0.3, -0.25) is 9.78 Å². The Labute approximate surface area is 138 Å². The lowest BCUT2D eigenvalue weighted by atomic mass is 10.1. The summed E-state index contributed by atoms with van der Waals surface area (Å²) >= 11 is 0. The first-order chi connectivity index (χ1) is 11.8. The van der Waals surface area contributed by atoms with E-state index >= 15 is 0 Å². The van der Waals surface area contributed by atoms with Crippen LogP contribution in [0.1, 0.15) is 15.9 Å². The number of nitrogens with one attached hydrogen (secondary N) is 2. The normalized spacial score (nSPS) is 10.8. The van der Waals surface area contributed by atoms with Crippen LogP contribution in [0, 0.1) is 0 Å². The van der Waals surface area contributed by atoms with Crippen LogP contribution in [0.5, 0.6) is 0 Å². The number of carbonyl (C=O) groups excluding carboxylic acids is 1. The van der Waals surface area contributed by atoms with Crippen molar-refractivity contribution in [1.29, 1.82) is 0 Å². The van der Waals surface area contributed by atoms with Gasteiger partial charge >= 0.3 is 0 Å². The zero-order valence-corrected chi connectivity index (χ0v) is 12.8. The molecule has 0 spiro atoms. The fourth-order valence-corrected chi connectivity index (χ4v) is 2.62. The van der Waals surface area contributed by atoms with Crippen LogP contribution < -0.4 is 5.32 Å². The number of rotatable bonds is 4. The molecule has 1 amide bonds. The van der Waals surface area contributed by atoms with Crippen molar-refractivity contribution in [3.63, 3.8) is 0 Å². The number of hydrogen-bond acceptors (Lipinski definition) is 3. The molecule has 3 heterocycles. The molecule has 3 aromatic heterocycles. The van der Waals surface area contributed by atoms with Gasteiger partial charge in [-0.25, -0.2) is 0 Å². The molecule has 4 aromatic rings. The van der Waals surface area contributed by atoms with E-state index in [1.54, 1.807) is 12.5 Å². The number of furan rings is 1. The van der Waals surface area contributed by atoms with Crippen molar-refractivity contribution in [2.75, 3.05) is 0 Å². The first-order valence-corrected chi connectivity index (χ1v) is 7.64. The fraction of sp³-hybridized carbons (Fsp3) is 0.0526. The lowest BCUT2D eigenvalue weighted by Gasteiger charge is -2.06. The lowest BCUT2D eigenvalue weighted by molar-refractivity contribution is 0.0951. The molecule has 0 aliphatic rings. The van der Waals surface area contributed by atoms with Gasteiger partial charge in [0, 0.05) is 35.4 Å². The maximum absolute atomic E-state index is 12.3. The van der Waals surface area contributed by atoms with Gasteiger partial charge in [0.2, 0.25) is 0 Å². The Morgan fingerprint density at radius 1 is 1.17 bits per heavy atom. The zero-order chi connectivity index (χ0) is 16.4. The van der Waals surface area contributed by atoms with Gasteiger partial charge in [-0.15, -0.1) is 0 Å². The number of aromatic nitrogens is 2. The maximum Gasteiger partial charge on any atom is 0.251 e. The van der Waals surface area contributed by atoms with E-state index in [9.17, 15) is 4.79 Å². The third-order valence-corrected chi connectivity index (χ3v) is 3.87. The van der Waals surface area contributed by atoms with Crippen molar-refractivity contribution in [2.24, 2.45) is 0 Å². The van der Waals surface area contributed by atoms with Crippen LogP contribution in [0.4, 0.5) is 0 Å². The summed E-state index contributed by atoms with van der Waals surface area (Å²) in [5, 5.41) is 3.96. The summed E-state index contributed by atoms with van der Waals surface area (Å²) in [6.45, 7) is 0.431. The highest BCUT2D eigenvalue weighted by Crippen LogP contribution is 2.18. The molecule has 2 N–H and O–H groups in total. The van der Waals surface area contributed by atoms with Crippen LogP contribution in [-0.4, -0.2) is 15.9 Å².